The fraction of sp³-hybridized carbons (Fsp3) is 0.214. The second-order valence-corrected chi connectivity index (χ2v) is 4.04. The van der Waals surface area contributed by atoms with Gasteiger partial charge in [0.1, 0.15) is 12.0 Å². The predicted molar refractivity (Wildman–Crippen MR) is 67.8 cm³/mol. The van der Waals surface area contributed by atoms with Gasteiger partial charge in [-0.05, 0) is 30.2 Å². The van der Waals surface area contributed by atoms with E-state index in [2.05, 4.69) is 10.1 Å². The van der Waals surface area contributed by atoms with Gasteiger partial charge in [-0.2, -0.15) is 8.78 Å². The number of alkyl halides is 2. The summed E-state index contributed by atoms with van der Waals surface area (Å²) >= 11 is 0. The Morgan fingerprint density at radius 3 is 2.60 bits per heavy atom. The topological polar surface area (TPSA) is 51.5 Å². The lowest BCUT2D eigenvalue weighted by Gasteiger charge is -2.06. The van der Waals surface area contributed by atoms with Crippen LogP contribution in [0.2, 0.25) is 0 Å². The number of hydrogen-bond donors (Lipinski definition) is 1. The van der Waals surface area contributed by atoms with E-state index in [4.69, 9.17) is 4.42 Å². The Balaban J connectivity index is 1.78. The highest BCUT2D eigenvalue weighted by molar-refractivity contribution is 5.93. The lowest BCUT2D eigenvalue weighted by molar-refractivity contribution is -0.0498. The summed E-state index contributed by atoms with van der Waals surface area (Å²) in [5, 5.41) is 2.73. The first-order chi connectivity index (χ1) is 9.65. The first kappa shape index (κ1) is 14.0. The van der Waals surface area contributed by atoms with Crippen molar-refractivity contribution in [3.63, 3.8) is 0 Å². The molecule has 1 amide bonds. The first-order valence-electron chi connectivity index (χ1n) is 5.99. The van der Waals surface area contributed by atoms with Crippen molar-refractivity contribution in [3.05, 3.63) is 54.0 Å². The van der Waals surface area contributed by atoms with E-state index in [-0.39, 0.29) is 11.7 Å². The van der Waals surface area contributed by atoms with E-state index in [9.17, 15) is 13.6 Å². The molecule has 0 aliphatic carbocycles. The number of hydrogen-bond acceptors (Lipinski definition) is 3. The number of ether oxygens (including phenoxy) is 1. The van der Waals surface area contributed by atoms with E-state index in [1.807, 2.05) is 0 Å². The molecular weight excluding hydrogens is 268 g/mol. The molecule has 0 radical (unpaired) electrons. The summed E-state index contributed by atoms with van der Waals surface area (Å²) in [5.74, 6) is -0.0948. The molecule has 0 unspecified atom stereocenters. The largest absolute Gasteiger partial charge is 0.472 e. The van der Waals surface area contributed by atoms with Gasteiger partial charge in [-0.3, -0.25) is 4.79 Å². The van der Waals surface area contributed by atoms with E-state index in [1.54, 1.807) is 18.2 Å². The molecule has 0 bridgehead atoms. The molecule has 1 aromatic heterocycles. The Kier molecular flexibility index (Phi) is 4.70. The molecule has 0 saturated carbocycles. The average Bonchev–Trinajstić information content (AvgIpc) is 2.94. The zero-order valence-electron chi connectivity index (χ0n) is 10.5. The van der Waals surface area contributed by atoms with Crippen LogP contribution in [0.15, 0.2) is 47.3 Å². The molecule has 0 spiro atoms. The van der Waals surface area contributed by atoms with Crippen LogP contribution in [0.4, 0.5) is 8.78 Å². The zero-order valence-corrected chi connectivity index (χ0v) is 10.5. The van der Waals surface area contributed by atoms with Gasteiger partial charge >= 0.3 is 6.61 Å². The highest BCUT2D eigenvalue weighted by Gasteiger charge is 2.06. The highest BCUT2D eigenvalue weighted by atomic mass is 19.3. The average molecular weight is 281 g/mol. The first-order valence-corrected chi connectivity index (χ1v) is 5.99. The Morgan fingerprint density at radius 2 is 2.00 bits per heavy atom. The number of halogens is 2. The molecule has 1 heterocycles. The molecule has 1 N–H and O–H groups in total. The molecule has 20 heavy (non-hydrogen) atoms. The number of benzene rings is 1. The SMILES string of the molecule is O=C(NCCc1ccc(OC(F)F)cc1)c1ccoc1. The molecule has 0 saturated heterocycles. The van der Waals surface area contributed by atoms with Gasteiger partial charge in [0.05, 0.1) is 11.8 Å². The number of carbonyl (C=O) groups excluding carboxylic acids is 1. The normalized spacial score (nSPS) is 10.6. The lowest BCUT2D eigenvalue weighted by Crippen LogP contribution is -2.25. The van der Waals surface area contributed by atoms with Crippen LogP contribution in [0, 0.1) is 0 Å². The van der Waals surface area contributed by atoms with Crippen LogP contribution in [-0.4, -0.2) is 19.1 Å². The third kappa shape index (κ3) is 4.08. The summed E-state index contributed by atoms with van der Waals surface area (Å²) in [5.41, 5.74) is 1.38. The van der Waals surface area contributed by atoms with Crippen LogP contribution in [0.5, 0.6) is 5.75 Å². The highest BCUT2D eigenvalue weighted by Crippen LogP contribution is 2.15. The van der Waals surface area contributed by atoms with Gasteiger partial charge < -0.3 is 14.5 Å². The summed E-state index contributed by atoms with van der Waals surface area (Å²) in [6, 6.07) is 7.88. The maximum Gasteiger partial charge on any atom is 0.387 e. The van der Waals surface area contributed by atoms with E-state index >= 15 is 0 Å². The summed E-state index contributed by atoms with van der Waals surface area (Å²) in [6.07, 6.45) is 3.39. The molecule has 1 aromatic carbocycles. The summed E-state index contributed by atoms with van der Waals surface area (Å²) < 4.78 is 33.0. The Hall–Kier alpha value is -2.37. The van der Waals surface area contributed by atoms with Crippen molar-refractivity contribution in [1.29, 1.82) is 0 Å². The maximum atomic E-state index is 12.0. The van der Waals surface area contributed by atoms with Gasteiger partial charge in [0.25, 0.3) is 5.91 Å². The minimum Gasteiger partial charge on any atom is -0.472 e. The number of furan rings is 1. The van der Waals surface area contributed by atoms with E-state index in [0.717, 1.165) is 5.56 Å². The molecule has 2 rings (SSSR count). The molecule has 106 valence electrons. The van der Waals surface area contributed by atoms with Crippen LogP contribution < -0.4 is 10.1 Å². The second kappa shape index (κ2) is 6.70. The van der Waals surface area contributed by atoms with Crippen molar-refractivity contribution in [2.24, 2.45) is 0 Å². The molecule has 4 nitrogen and oxygen atoms in total. The van der Waals surface area contributed by atoms with Crippen molar-refractivity contribution in [2.45, 2.75) is 13.0 Å². The van der Waals surface area contributed by atoms with E-state index < -0.39 is 6.61 Å². The van der Waals surface area contributed by atoms with Gasteiger partial charge in [-0.25, -0.2) is 0 Å². The lowest BCUT2D eigenvalue weighted by atomic mass is 10.1. The van der Waals surface area contributed by atoms with Crippen LogP contribution in [0.3, 0.4) is 0 Å². The predicted octanol–water partition coefficient (Wildman–Crippen LogP) is 2.85. The minimum absolute atomic E-state index is 0.117. The molecule has 2 aromatic rings. The van der Waals surface area contributed by atoms with Crippen LogP contribution in [0.25, 0.3) is 0 Å². The molecule has 6 heteroatoms. The fourth-order valence-corrected chi connectivity index (χ4v) is 1.65. The van der Waals surface area contributed by atoms with Crippen molar-refractivity contribution in [3.8, 4) is 5.75 Å². The third-order valence-electron chi connectivity index (χ3n) is 2.63. The van der Waals surface area contributed by atoms with E-state index in [1.165, 1.54) is 24.7 Å². The number of nitrogens with one attached hydrogen (secondary N) is 1. The Morgan fingerprint density at radius 1 is 1.25 bits per heavy atom. The molecule has 0 aliphatic heterocycles. The van der Waals surface area contributed by atoms with Crippen molar-refractivity contribution >= 4 is 5.91 Å². The molecule has 0 aliphatic rings. The van der Waals surface area contributed by atoms with Crippen LogP contribution in [0.1, 0.15) is 15.9 Å². The standard InChI is InChI=1S/C14H13F2NO3/c15-14(16)20-12-3-1-10(2-4-12)5-7-17-13(18)11-6-8-19-9-11/h1-4,6,8-9,14H,5,7H2,(H,17,18). The van der Waals surface area contributed by atoms with Gasteiger partial charge in [-0.15, -0.1) is 0 Å². The van der Waals surface area contributed by atoms with Crippen molar-refractivity contribution in [2.75, 3.05) is 6.54 Å². The number of carbonyl (C=O) groups is 1. The van der Waals surface area contributed by atoms with Crippen LogP contribution >= 0.6 is 0 Å². The summed E-state index contributed by atoms with van der Waals surface area (Å²) in [4.78, 5) is 11.6. The monoisotopic (exact) mass is 281 g/mol. The third-order valence-corrected chi connectivity index (χ3v) is 2.63. The smallest absolute Gasteiger partial charge is 0.387 e. The minimum atomic E-state index is -2.82. The molecule has 0 fully saturated rings. The zero-order chi connectivity index (χ0) is 14.4. The quantitative estimate of drug-likeness (QED) is 0.885. The van der Waals surface area contributed by atoms with Crippen molar-refractivity contribution in [1.82, 2.24) is 5.32 Å². The number of rotatable bonds is 6. The second-order valence-electron chi connectivity index (χ2n) is 4.04. The fourth-order valence-electron chi connectivity index (χ4n) is 1.65. The Bertz CT molecular complexity index is 538. The van der Waals surface area contributed by atoms with Crippen LogP contribution in [-0.2, 0) is 6.42 Å². The van der Waals surface area contributed by atoms with Gasteiger partial charge in [0.15, 0.2) is 0 Å². The summed E-state index contributed by atoms with van der Waals surface area (Å²) in [6.45, 7) is -2.38. The van der Waals surface area contributed by atoms with Crippen molar-refractivity contribution < 1.29 is 22.7 Å². The maximum absolute atomic E-state index is 12.0. The van der Waals surface area contributed by atoms with E-state index in [0.29, 0.717) is 18.5 Å². The van der Waals surface area contributed by atoms with Gasteiger partial charge in [0.2, 0.25) is 0 Å². The number of amides is 1. The summed E-state index contributed by atoms with van der Waals surface area (Å²) in [7, 11) is 0. The van der Waals surface area contributed by atoms with Gasteiger partial charge in [-0.1, -0.05) is 12.1 Å². The molecular formula is C14H13F2NO3. The molecule has 0 atom stereocenters. The van der Waals surface area contributed by atoms with Gasteiger partial charge in [0, 0.05) is 6.54 Å². The Labute approximate surface area is 114 Å².